The van der Waals surface area contributed by atoms with Gasteiger partial charge >= 0.3 is 0 Å². The Hall–Kier alpha value is -4.13. The number of aliphatic imine (C=N–C) groups is 2. The smallest absolute Gasteiger partial charge is 0.262 e. The minimum atomic E-state index is -3.96. The summed E-state index contributed by atoms with van der Waals surface area (Å²) < 4.78 is 58.1. The molecule has 0 saturated heterocycles. The number of rotatable bonds is 8. The zero-order valence-corrected chi connectivity index (χ0v) is 24.1. The van der Waals surface area contributed by atoms with Gasteiger partial charge in [0.2, 0.25) is 0 Å². The van der Waals surface area contributed by atoms with Crippen molar-refractivity contribution in [2.24, 2.45) is 9.98 Å². The van der Waals surface area contributed by atoms with Crippen LogP contribution in [0.15, 0.2) is 105 Å². The molecule has 0 fully saturated rings. The van der Waals surface area contributed by atoms with Gasteiger partial charge in [0.05, 0.1) is 22.9 Å². The van der Waals surface area contributed by atoms with Gasteiger partial charge in [-0.15, -0.1) is 12.4 Å². The molecule has 13 heteroatoms. The van der Waals surface area contributed by atoms with Crippen LogP contribution in [0.3, 0.4) is 0 Å². The van der Waals surface area contributed by atoms with Gasteiger partial charge in [-0.2, -0.15) is 0 Å². The van der Waals surface area contributed by atoms with Crippen LogP contribution in [0.25, 0.3) is 10.8 Å². The number of nitrogens with zero attached hydrogens (tertiary/aromatic N) is 2. The lowest BCUT2D eigenvalue weighted by atomic mass is 10.1. The minimum absolute atomic E-state index is 0. The summed E-state index contributed by atoms with van der Waals surface area (Å²) in [5.41, 5.74) is 2.57. The van der Waals surface area contributed by atoms with Crippen molar-refractivity contribution in [3.63, 3.8) is 0 Å². The second-order valence-electron chi connectivity index (χ2n) is 9.32. The van der Waals surface area contributed by atoms with Gasteiger partial charge in [0.1, 0.15) is 11.7 Å². The molecule has 0 radical (unpaired) electrons. The van der Waals surface area contributed by atoms with Crippen molar-refractivity contribution in [3.8, 4) is 0 Å². The summed E-state index contributed by atoms with van der Waals surface area (Å²) in [7, 11) is -7.88. The maximum absolute atomic E-state index is 13.3. The van der Waals surface area contributed by atoms with E-state index in [1.165, 1.54) is 24.3 Å². The molecule has 2 heterocycles. The molecule has 0 saturated carbocycles. The fourth-order valence-electron chi connectivity index (χ4n) is 4.63. The maximum atomic E-state index is 13.3. The Morgan fingerprint density at radius 3 is 1.68 bits per heavy atom. The first kappa shape index (κ1) is 28.4. The largest absolute Gasteiger partial charge is 0.368 e. The second-order valence-corrected chi connectivity index (χ2v) is 12.7. The highest BCUT2D eigenvalue weighted by molar-refractivity contribution is 7.93. The standard InChI is InChI=1S/C28H26N6O4S2.ClH/c35-39(36,33-22-8-4-19(5-9-22)27-29-14-15-30-27)24-12-13-25-21(18-24)2-1-3-26(25)40(37,38)34-23-10-6-20(7-11-23)28-31-16-17-32-28;/h1-13,18,33-34H,14-17H2,(H,29,30)(H,31,32);1H. The lowest BCUT2D eigenvalue weighted by molar-refractivity contribution is 0.600. The van der Waals surface area contributed by atoms with E-state index in [4.69, 9.17) is 0 Å². The van der Waals surface area contributed by atoms with Gasteiger partial charge in [0.25, 0.3) is 20.0 Å². The van der Waals surface area contributed by atoms with Gasteiger partial charge in [-0.1, -0.05) is 18.2 Å². The van der Waals surface area contributed by atoms with Crippen LogP contribution in [-0.2, 0) is 20.0 Å². The van der Waals surface area contributed by atoms with Gasteiger partial charge in [0.15, 0.2) is 0 Å². The van der Waals surface area contributed by atoms with Crippen LogP contribution in [0.2, 0.25) is 0 Å². The highest BCUT2D eigenvalue weighted by Crippen LogP contribution is 2.28. The summed E-state index contributed by atoms with van der Waals surface area (Å²) in [5, 5.41) is 7.25. The average molecular weight is 611 g/mol. The van der Waals surface area contributed by atoms with Crippen LogP contribution in [0.5, 0.6) is 0 Å². The van der Waals surface area contributed by atoms with Crippen LogP contribution in [0, 0.1) is 0 Å². The topological polar surface area (TPSA) is 141 Å². The molecule has 0 atom stereocenters. The maximum Gasteiger partial charge on any atom is 0.262 e. The number of nitrogens with one attached hydrogen (secondary N) is 4. The van der Waals surface area contributed by atoms with Crippen molar-refractivity contribution in [1.82, 2.24) is 10.6 Å². The summed E-state index contributed by atoms with van der Waals surface area (Å²) >= 11 is 0. The molecule has 4 N–H and O–H groups in total. The fourth-order valence-corrected chi connectivity index (χ4v) is 7.02. The van der Waals surface area contributed by atoms with Crippen molar-refractivity contribution in [3.05, 3.63) is 96.1 Å². The molecule has 0 aliphatic carbocycles. The Labute approximate surface area is 244 Å². The normalized spacial score (nSPS) is 14.8. The van der Waals surface area contributed by atoms with Crippen molar-refractivity contribution < 1.29 is 16.8 Å². The fraction of sp³-hybridized carbons (Fsp3) is 0.143. The number of halogens is 1. The molecule has 212 valence electrons. The number of benzene rings is 4. The van der Waals surface area contributed by atoms with E-state index in [9.17, 15) is 16.8 Å². The van der Waals surface area contributed by atoms with Crippen molar-refractivity contribution in [1.29, 1.82) is 0 Å². The molecule has 6 rings (SSSR count). The van der Waals surface area contributed by atoms with Crippen molar-refractivity contribution in [2.75, 3.05) is 35.6 Å². The lowest BCUT2D eigenvalue weighted by Gasteiger charge is -2.13. The molecule has 0 bridgehead atoms. The monoisotopic (exact) mass is 610 g/mol. The number of anilines is 2. The summed E-state index contributed by atoms with van der Waals surface area (Å²) in [4.78, 5) is 8.81. The van der Waals surface area contributed by atoms with Gasteiger partial charge in [-0.25, -0.2) is 16.8 Å². The molecule has 4 aromatic rings. The Balaban J connectivity index is 0.00000337. The Bertz CT molecular complexity index is 1880. The summed E-state index contributed by atoms with van der Waals surface area (Å²) in [6, 6.07) is 23.1. The van der Waals surface area contributed by atoms with E-state index in [-0.39, 0.29) is 22.2 Å². The van der Waals surface area contributed by atoms with E-state index in [2.05, 4.69) is 30.1 Å². The zero-order chi connectivity index (χ0) is 27.7. The quantitative estimate of drug-likeness (QED) is 0.240. The molecule has 10 nitrogen and oxygen atoms in total. The van der Waals surface area contributed by atoms with Crippen LogP contribution >= 0.6 is 12.4 Å². The average Bonchev–Trinajstić information content (AvgIpc) is 3.68. The number of amidine groups is 2. The van der Waals surface area contributed by atoms with E-state index in [0.29, 0.717) is 35.2 Å². The number of sulfonamides is 2. The third kappa shape index (κ3) is 5.99. The first-order valence-corrected chi connectivity index (χ1v) is 15.6. The van der Waals surface area contributed by atoms with Crippen molar-refractivity contribution in [2.45, 2.75) is 9.79 Å². The van der Waals surface area contributed by atoms with Gasteiger partial charge in [-0.3, -0.25) is 19.4 Å². The molecule has 2 aliphatic heterocycles. The van der Waals surface area contributed by atoms with Crippen LogP contribution in [0.4, 0.5) is 11.4 Å². The Morgan fingerprint density at radius 2 is 1.17 bits per heavy atom. The molecule has 0 amide bonds. The minimum Gasteiger partial charge on any atom is -0.368 e. The van der Waals surface area contributed by atoms with E-state index in [1.54, 1.807) is 60.7 Å². The van der Waals surface area contributed by atoms with Gasteiger partial charge in [0, 0.05) is 41.0 Å². The number of hydrogen-bond acceptors (Lipinski definition) is 8. The van der Waals surface area contributed by atoms with Gasteiger partial charge in [-0.05, 0) is 72.1 Å². The molecular formula is C28H27ClN6O4S2. The molecule has 2 aliphatic rings. The van der Waals surface area contributed by atoms with E-state index in [1.807, 2.05) is 0 Å². The van der Waals surface area contributed by atoms with E-state index >= 15 is 0 Å². The zero-order valence-electron chi connectivity index (χ0n) is 21.7. The van der Waals surface area contributed by atoms with Crippen molar-refractivity contribution >= 4 is 66.3 Å². The molecule has 4 aromatic carbocycles. The summed E-state index contributed by atoms with van der Waals surface area (Å²) in [6.45, 7) is 3.00. The molecule has 0 unspecified atom stereocenters. The Morgan fingerprint density at radius 1 is 0.634 bits per heavy atom. The highest BCUT2D eigenvalue weighted by Gasteiger charge is 2.21. The summed E-state index contributed by atoms with van der Waals surface area (Å²) in [6.07, 6.45) is 0. The molecule has 0 spiro atoms. The highest BCUT2D eigenvalue weighted by atomic mass is 35.5. The number of hydrogen-bond donors (Lipinski definition) is 4. The van der Waals surface area contributed by atoms with Gasteiger partial charge < -0.3 is 10.6 Å². The van der Waals surface area contributed by atoms with E-state index < -0.39 is 20.0 Å². The summed E-state index contributed by atoms with van der Waals surface area (Å²) in [5.74, 6) is 1.58. The van der Waals surface area contributed by atoms with Crippen LogP contribution < -0.4 is 20.1 Å². The predicted octanol–water partition coefficient (Wildman–Crippen LogP) is 3.56. The molecule has 0 aromatic heterocycles. The molecule has 41 heavy (non-hydrogen) atoms. The first-order valence-electron chi connectivity index (χ1n) is 12.6. The SMILES string of the molecule is Cl.O=S(=O)(Nc1ccc(C2=NCCN2)cc1)c1ccc2c(S(=O)(=O)Nc3ccc(C4=NCCN4)cc3)cccc2c1. The third-order valence-corrected chi connectivity index (χ3v) is 9.40. The van der Waals surface area contributed by atoms with Crippen LogP contribution in [0.1, 0.15) is 11.1 Å². The number of fused-ring (bicyclic) bond motifs is 1. The Kier molecular flexibility index (Phi) is 7.89. The molecular weight excluding hydrogens is 584 g/mol. The van der Waals surface area contributed by atoms with E-state index in [0.717, 1.165) is 35.9 Å². The third-order valence-electron chi connectivity index (χ3n) is 6.58. The first-order chi connectivity index (χ1) is 19.3. The van der Waals surface area contributed by atoms with Crippen LogP contribution in [-0.4, -0.2) is 54.7 Å². The lowest BCUT2D eigenvalue weighted by Crippen LogP contribution is -2.19. The predicted molar refractivity (Wildman–Crippen MR) is 165 cm³/mol. The second kappa shape index (κ2) is 11.4.